The van der Waals surface area contributed by atoms with E-state index in [1.54, 1.807) is 7.11 Å². The van der Waals surface area contributed by atoms with Gasteiger partial charge in [-0.3, -0.25) is 10.00 Å². The molecule has 5 rings (SSSR count). The highest BCUT2D eigenvalue weighted by molar-refractivity contribution is 5.13. The van der Waals surface area contributed by atoms with Gasteiger partial charge < -0.3 is 9.26 Å². The minimum atomic E-state index is 0.470. The Bertz CT molecular complexity index is 733. The van der Waals surface area contributed by atoms with Crippen LogP contribution in [0.5, 0.6) is 0 Å². The Balaban J connectivity index is 1.29. The Morgan fingerprint density at radius 1 is 1.28 bits per heavy atom. The predicted octanol–water partition coefficient (Wildman–Crippen LogP) is 2.44. The van der Waals surface area contributed by atoms with E-state index < -0.39 is 0 Å². The first-order chi connectivity index (χ1) is 12.3. The van der Waals surface area contributed by atoms with Crippen molar-refractivity contribution in [1.29, 1.82) is 0 Å². The monoisotopic (exact) mass is 343 g/mol. The third-order valence-electron chi connectivity index (χ3n) is 5.76. The largest absolute Gasteiger partial charge is 0.377 e. The summed E-state index contributed by atoms with van der Waals surface area (Å²) < 4.78 is 10.4. The first kappa shape index (κ1) is 15.5. The van der Waals surface area contributed by atoms with Crippen LogP contribution in [0.4, 0.5) is 0 Å². The van der Waals surface area contributed by atoms with Gasteiger partial charge in [0, 0.05) is 44.6 Å². The predicted molar refractivity (Wildman–Crippen MR) is 89.8 cm³/mol. The van der Waals surface area contributed by atoms with Crippen molar-refractivity contribution in [2.24, 2.45) is 11.8 Å². The van der Waals surface area contributed by atoms with E-state index in [1.165, 1.54) is 25.7 Å². The summed E-state index contributed by atoms with van der Waals surface area (Å²) in [5, 5.41) is 11.9. The molecule has 7 nitrogen and oxygen atoms in total. The average Bonchev–Trinajstić information content (AvgIpc) is 3.51. The molecule has 0 aromatic carbocycles. The molecule has 0 unspecified atom stereocenters. The van der Waals surface area contributed by atoms with E-state index >= 15 is 0 Å². The summed E-state index contributed by atoms with van der Waals surface area (Å²) in [6.07, 6.45) is 5.22. The summed E-state index contributed by atoms with van der Waals surface area (Å²) in [5.74, 6) is 5.53. The number of ether oxygens (including phenoxy) is 1. The Kier molecular flexibility index (Phi) is 3.86. The molecule has 3 heterocycles. The zero-order valence-corrected chi connectivity index (χ0v) is 14.6. The third kappa shape index (κ3) is 3.22. The number of nitrogens with one attached hydrogen (secondary N) is 1. The molecule has 1 saturated heterocycles. The molecule has 2 aromatic heterocycles. The van der Waals surface area contributed by atoms with Gasteiger partial charge in [-0.2, -0.15) is 5.10 Å². The molecule has 2 aliphatic carbocycles. The summed E-state index contributed by atoms with van der Waals surface area (Å²) in [5.41, 5.74) is 0.985. The molecule has 2 aromatic rings. The molecule has 25 heavy (non-hydrogen) atoms. The lowest BCUT2D eigenvalue weighted by molar-refractivity contribution is 0.155. The standard InChI is InChI=1S/C18H25N5O2/c1-24-10-14-6-13(22-25-14)7-23-8-15(11-2-3-11)16(9-23)18-19-17(20-21-18)12-4-5-12/h6,11-12,15-16H,2-5,7-10H2,1H3,(H,19,20,21)/t15-,16+/m1/s1. The van der Waals surface area contributed by atoms with E-state index in [2.05, 4.69) is 20.3 Å². The first-order valence-electron chi connectivity index (χ1n) is 9.38. The molecule has 1 aliphatic heterocycles. The van der Waals surface area contributed by atoms with Gasteiger partial charge in [-0.15, -0.1) is 0 Å². The second kappa shape index (κ2) is 6.21. The number of aromatic nitrogens is 4. The fraction of sp³-hybridized carbons (Fsp3) is 0.722. The molecule has 3 aliphatic rings. The van der Waals surface area contributed by atoms with Crippen molar-refractivity contribution in [3.8, 4) is 0 Å². The maximum absolute atomic E-state index is 5.32. The Morgan fingerprint density at radius 2 is 2.16 bits per heavy atom. The highest BCUT2D eigenvalue weighted by atomic mass is 16.5. The van der Waals surface area contributed by atoms with Crippen molar-refractivity contribution >= 4 is 0 Å². The van der Waals surface area contributed by atoms with Crippen LogP contribution in [-0.4, -0.2) is 45.4 Å². The van der Waals surface area contributed by atoms with Crippen LogP contribution in [-0.2, 0) is 17.9 Å². The fourth-order valence-electron chi connectivity index (χ4n) is 4.18. The maximum atomic E-state index is 5.32. The third-order valence-corrected chi connectivity index (χ3v) is 5.76. The van der Waals surface area contributed by atoms with Crippen molar-refractivity contribution in [2.75, 3.05) is 20.2 Å². The van der Waals surface area contributed by atoms with Gasteiger partial charge in [0.25, 0.3) is 0 Å². The second-order valence-electron chi connectivity index (χ2n) is 7.87. The van der Waals surface area contributed by atoms with Crippen molar-refractivity contribution in [2.45, 2.75) is 50.7 Å². The highest BCUT2D eigenvalue weighted by Gasteiger charge is 2.44. The van der Waals surface area contributed by atoms with E-state index in [0.717, 1.165) is 48.7 Å². The lowest BCUT2D eigenvalue weighted by Crippen LogP contribution is -2.20. The van der Waals surface area contributed by atoms with E-state index in [4.69, 9.17) is 14.2 Å². The molecular formula is C18H25N5O2. The highest BCUT2D eigenvalue weighted by Crippen LogP contribution is 2.47. The van der Waals surface area contributed by atoms with Crippen LogP contribution in [0.25, 0.3) is 0 Å². The smallest absolute Gasteiger partial charge is 0.162 e. The summed E-state index contributed by atoms with van der Waals surface area (Å²) in [4.78, 5) is 7.33. The number of hydrogen-bond acceptors (Lipinski definition) is 6. The van der Waals surface area contributed by atoms with Gasteiger partial charge in [0.05, 0.1) is 5.69 Å². The Hall–Kier alpha value is -1.73. The quantitative estimate of drug-likeness (QED) is 0.832. The number of rotatable bonds is 7. The number of methoxy groups -OCH3 is 1. The average molecular weight is 343 g/mol. The minimum absolute atomic E-state index is 0.470. The van der Waals surface area contributed by atoms with Crippen molar-refractivity contribution < 1.29 is 9.26 Å². The zero-order chi connectivity index (χ0) is 16.8. The molecule has 0 radical (unpaired) electrons. The molecule has 2 atom stereocenters. The summed E-state index contributed by atoms with van der Waals surface area (Å²) >= 11 is 0. The lowest BCUT2D eigenvalue weighted by Gasteiger charge is -2.14. The minimum Gasteiger partial charge on any atom is -0.377 e. The molecule has 0 amide bonds. The Morgan fingerprint density at radius 3 is 2.92 bits per heavy atom. The van der Waals surface area contributed by atoms with E-state index in [0.29, 0.717) is 24.4 Å². The Labute approximate surface area is 147 Å². The summed E-state index contributed by atoms with van der Waals surface area (Å²) in [6.45, 7) is 3.44. The molecule has 2 saturated carbocycles. The van der Waals surface area contributed by atoms with E-state index in [9.17, 15) is 0 Å². The zero-order valence-electron chi connectivity index (χ0n) is 14.6. The van der Waals surface area contributed by atoms with E-state index in [-0.39, 0.29) is 0 Å². The van der Waals surface area contributed by atoms with Gasteiger partial charge in [0.2, 0.25) is 0 Å². The maximum Gasteiger partial charge on any atom is 0.162 e. The van der Waals surface area contributed by atoms with Crippen LogP contribution in [0.1, 0.15) is 60.6 Å². The lowest BCUT2D eigenvalue weighted by atomic mass is 9.91. The van der Waals surface area contributed by atoms with Crippen molar-refractivity contribution in [3.05, 3.63) is 29.2 Å². The van der Waals surface area contributed by atoms with Gasteiger partial charge >= 0.3 is 0 Å². The number of H-pyrrole nitrogens is 1. The van der Waals surface area contributed by atoms with Gasteiger partial charge in [-0.1, -0.05) is 5.16 Å². The number of nitrogens with zero attached hydrogens (tertiary/aromatic N) is 4. The first-order valence-corrected chi connectivity index (χ1v) is 9.38. The molecular weight excluding hydrogens is 318 g/mol. The molecule has 134 valence electrons. The van der Waals surface area contributed by atoms with Crippen molar-refractivity contribution in [3.63, 3.8) is 0 Å². The number of likely N-dealkylation sites (tertiary alicyclic amines) is 1. The molecule has 0 bridgehead atoms. The second-order valence-corrected chi connectivity index (χ2v) is 7.87. The topological polar surface area (TPSA) is 80.1 Å². The van der Waals surface area contributed by atoms with Crippen LogP contribution in [0.2, 0.25) is 0 Å². The molecule has 1 N–H and O–H groups in total. The number of hydrogen-bond donors (Lipinski definition) is 1. The molecule has 0 spiro atoms. The normalized spacial score (nSPS) is 27.2. The van der Waals surface area contributed by atoms with E-state index in [1.807, 2.05) is 6.07 Å². The molecule has 3 fully saturated rings. The summed E-state index contributed by atoms with van der Waals surface area (Å²) in [6, 6.07) is 2.00. The van der Waals surface area contributed by atoms with Gasteiger partial charge in [-0.25, -0.2) is 4.98 Å². The van der Waals surface area contributed by atoms with Gasteiger partial charge in [0.1, 0.15) is 12.4 Å². The summed E-state index contributed by atoms with van der Waals surface area (Å²) in [7, 11) is 1.67. The van der Waals surface area contributed by atoms with Crippen LogP contribution < -0.4 is 0 Å². The van der Waals surface area contributed by atoms with Crippen molar-refractivity contribution in [1.82, 2.24) is 25.2 Å². The van der Waals surface area contributed by atoms with Crippen LogP contribution in [0, 0.1) is 11.8 Å². The van der Waals surface area contributed by atoms with Gasteiger partial charge in [-0.05, 0) is 37.5 Å². The van der Waals surface area contributed by atoms with Crippen LogP contribution in [0.3, 0.4) is 0 Å². The fourth-order valence-corrected chi connectivity index (χ4v) is 4.18. The van der Waals surface area contributed by atoms with Crippen LogP contribution >= 0.6 is 0 Å². The van der Waals surface area contributed by atoms with Gasteiger partial charge in [0.15, 0.2) is 11.6 Å². The molecule has 7 heteroatoms. The number of aromatic amines is 1. The SMILES string of the molecule is COCc1cc(CN2C[C@H](c3nc(C4CC4)n[nH]3)[C@@H](C3CC3)C2)no1. The van der Waals surface area contributed by atoms with Crippen LogP contribution in [0.15, 0.2) is 10.6 Å².